The zero-order valence-electron chi connectivity index (χ0n) is 8.90. The lowest BCUT2D eigenvalue weighted by Gasteiger charge is -2.23. The van der Waals surface area contributed by atoms with Crippen LogP contribution in [-0.4, -0.2) is 31.3 Å². The van der Waals surface area contributed by atoms with Gasteiger partial charge >= 0.3 is 0 Å². The minimum atomic E-state index is 0.259. The molecule has 1 aromatic heterocycles. The van der Waals surface area contributed by atoms with Crippen LogP contribution in [0.5, 0.6) is 5.75 Å². The normalized spacial score (nSPS) is 17.4. The lowest BCUT2D eigenvalue weighted by atomic mass is 10.1. The monoisotopic (exact) mass is 208 g/mol. The van der Waals surface area contributed by atoms with Crippen molar-refractivity contribution in [2.45, 2.75) is 18.9 Å². The molecule has 0 atom stereocenters. The second kappa shape index (κ2) is 4.98. The van der Waals surface area contributed by atoms with E-state index in [1.807, 2.05) is 19.2 Å². The average molecular weight is 208 g/mol. The van der Waals surface area contributed by atoms with Crippen LogP contribution in [0.15, 0.2) is 18.3 Å². The molecule has 82 valence electrons. The maximum atomic E-state index is 5.87. The molecule has 0 unspecified atom stereocenters. The third kappa shape index (κ3) is 2.59. The fourth-order valence-corrected chi connectivity index (χ4v) is 1.65. The Morgan fingerprint density at radius 3 is 3.00 bits per heavy atom. The second-order valence-electron chi connectivity index (χ2n) is 3.53. The van der Waals surface area contributed by atoms with Gasteiger partial charge in [-0.15, -0.1) is 0 Å². The van der Waals surface area contributed by atoms with E-state index in [0.717, 1.165) is 37.6 Å². The van der Waals surface area contributed by atoms with Gasteiger partial charge in [-0.1, -0.05) is 0 Å². The van der Waals surface area contributed by atoms with E-state index >= 15 is 0 Å². The van der Waals surface area contributed by atoms with Gasteiger partial charge in [0.05, 0.1) is 13.2 Å². The molecule has 1 N–H and O–H groups in total. The largest absolute Gasteiger partial charge is 0.486 e. The summed E-state index contributed by atoms with van der Waals surface area (Å²) in [7, 11) is 1.85. The highest BCUT2D eigenvalue weighted by Crippen LogP contribution is 2.24. The van der Waals surface area contributed by atoms with E-state index in [2.05, 4.69) is 10.3 Å². The van der Waals surface area contributed by atoms with Gasteiger partial charge in [0, 0.05) is 26.1 Å². The molecule has 1 aliphatic heterocycles. The van der Waals surface area contributed by atoms with Gasteiger partial charge in [-0.25, -0.2) is 4.98 Å². The topological polar surface area (TPSA) is 43.4 Å². The smallest absolute Gasteiger partial charge is 0.168 e. The van der Waals surface area contributed by atoms with Crippen LogP contribution in [-0.2, 0) is 4.74 Å². The molecule has 1 aromatic rings. The predicted molar refractivity (Wildman–Crippen MR) is 58.3 cm³/mol. The first kappa shape index (κ1) is 10.2. The molecule has 2 rings (SSSR count). The van der Waals surface area contributed by atoms with E-state index in [9.17, 15) is 0 Å². The number of anilines is 1. The lowest BCUT2D eigenvalue weighted by Crippen LogP contribution is -2.26. The van der Waals surface area contributed by atoms with Crippen molar-refractivity contribution >= 4 is 5.82 Å². The minimum Gasteiger partial charge on any atom is -0.486 e. The Balaban J connectivity index is 2.02. The highest BCUT2D eigenvalue weighted by Gasteiger charge is 2.16. The number of nitrogens with one attached hydrogen (secondary N) is 1. The first-order chi connectivity index (χ1) is 7.40. The molecule has 0 bridgehead atoms. The fraction of sp³-hybridized carbons (Fsp3) is 0.545. The van der Waals surface area contributed by atoms with E-state index in [4.69, 9.17) is 9.47 Å². The van der Waals surface area contributed by atoms with Crippen molar-refractivity contribution in [3.8, 4) is 5.75 Å². The van der Waals surface area contributed by atoms with Crippen molar-refractivity contribution in [3.05, 3.63) is 18.3 Å². The number of nitrogens with zero attached hydrogens (tertiary/aromatic N) is 1. The van der Waals surface area contributed by atoms with Crippen LogP contribution < -0.4 is 10.1 Å². The van der Waals surface area contributed by atoms with Crippen molar-refractivity contribution in [2.24, 2.45) is 0 Å². The summed E-state index contributed by atoms with van der Waals surface area (Å²) < 4.78 is 11.2. The highest BCUT2D eigenvalue weighted by atomic mass is 16.5. The first-order valence-corrected chi connectivity index (χ1v) is 5.27. The van der Waals surface area contributed by atoms with Crippen LogP contribution >= 0.6 is 0 Å². The van der Waals surface area contributed by atoms with Crippen molar-refractivity contribution in [2.75, 3.05) is 25.6 Å². The molecule has 4 heteroatoms. The van der Waals surface area contributed by atoms with E-state index in [-0.39, 0.29) is 6.10 Å². The molecule has 0 aliphatic carbocycles. The van der Waals surface area contributed by atoms with Crippen molar-refractivity contribution in [1.29, 1.82) is 0 Å². The van der Waals surface area contributed by atoms with Crippen LogP contribution in [0.2, 0.25) is 0 Å². The van der Waals surface area contributed by atoms with Gasteiger partial charge in [0.1, 0.15) is 6.10 Å². The summed E-state index contributed by atoms with van der Waals surface area (Å²) >= 11 is 0. The van der Waals surface area contributed by atoms with Gasteiger partial charge in [0.25, 0.3) is 0 Å². The maximum absolute atomic E-state index is 5.87. The number of ether oxygens (including phenoxy) is 2. The standard InChI is InChI=1S/C11H16N2O2/c1-12-11-10(3-2-6-13-11)15-9-4-7-14-8-5-9/h2-3,6,9H,4-5,7-8H2,1H3,(H,12,13). The average Bonchev–Trinajstić information content (AvgIpc) is 2.31. The summed E-state index contributed by atoms with van der Waals surface area (Å²) in [6.07, 6.45) is 3.92. The van der Waals surface area contributed by atoms with E-state index < -0.39 is 0 Å². The lowest BCUT2D eigenvalue weighted by molar-refractivity contribution is 0.0257. The number of hydrogen-bond acceptors (Lipinski definition) is 4. The molecule has 0 radical (unpaired) electrons. The summed E-state index contributed by atoms with van der Waals surface area (Å²) in [5.41, 5.74) is 0. The molecular formula is C11H16N2O2. The van der Waals surface area contributed by atoms with E-state index in [0.29, 0.717) is 0 Å². The summed E-state index contributed by atoms with van der Waals surface area (Å²) in [4.78, 5) is 4.20. The highest BCUT2D eigenvalue weighted by molar-refractivity contribution is 5.48. The Hall–Kier alpha value is -1.29. The van der Waals surface area contributed by atoms with Crippen LogP contribution in [0.3, 0.4) is 0 Å². The van der Waals surface area contributed by atoms with Gasteiger partial charge < -0.3 is 14.8 Å². The third-order valence-electron chi connectivity index (χ3n) is 2.47. The molecular weight excluding hydrogens is 192 g/mol. The third-order valence-corrected chi connectivity index (χ3v) is 2.47. The zero-order valence-corrected chi connectivity index (χ0v) is 8.90. The molecule has 2 heterocycles. The van der Waals surface area contributed by atoms with Crippen LogP contribution in [0, 0.1) is 0 Å². The quantitative estimate of drug-likeness (QED) is 0.820. The number of rotatable bonds is 3. The van der Waals surface area contributed by atoms with E-state index in [1.54, 1.807) is 6.20 Å². The number of hydrogen-bond donors (Lipinski definition) is 1. The van der Waals surface area contributed by atoms with Crippen molar-refractivity contribution in [1.82, 2.24) is 4.98 Å². The Morgan fingerprint density at radius 2 is 2.27 bits per heavy atom. The van der Waals surface area contributed by atoms with E-state index in [1.165, 1.54) is 0 Å². The second-order valence-corrected chi connectivity index (χ2v) is 3.53. The molecule has 0 aromatic carbocycles. The number of aromatic nitrogens is 1. The molecule has 4 nitrogen and oxygen atoms in total. The SMILES string of the molecule is CNc1ncccc1OC1CCOCC1. The molecule has 0 saturated carbocycles. The Morgan fingerprint density at radius 1 is 1.47 bits per heavy atom. The van der Waals surface area contributed by atoms with Gasteiger partial charge in [0.15, 0.2) is 11.6 Å². The maximum Gasteiger partial charge on any atom is 0.168 e. The predicted octanol–water partition coefficient (Wildman–Crippen LogP) is 1.68. The summed E-state index contributed by atoms with van der Waals surface area (Å²) in [6.45, 7) is 1.58. The van der Waals surface area contributed by atoms with Gasteiger partial charge in [-0.2, -0.15) is 0 Å². The van der Waals surface area contributed by atoms with Crippen LogP contribution in [0.25, 0.3) is 0 Å². The Bertz CT molecular complexity index is 311. The molecule has 1 saturated heterocycles. The van der Waals surface area contributed by atoms with Gasteiger partial charge in [-0.05, 0) is 12.1 Å². The molecule has 0 spiro atoms. The zero-order chi connectivity index (χ0) is 10.5. The molecule has 1 aliphatic rings. The van der Waals surface area contributed by atoms with Crippen LogP contribution in [0.4, 0.5) is 5.82 Å². The number of pyridine rings is 1. The Labute approximate surface area is 89.6 Å². The Kier molecular flexibility index (Phi) is 3.40. The van der Waals surface area contributed by atoms with Gasteiger partial charge in [0.2, 0.25) is 0 Å². The molecule has 0 amide bonds. The summed E-state index contributed by atoms with van der Waals surface area (Å²) in [5, 5.41) is 3.02. The summed E-state index contributed by atoms with van der Waals surface area (Å²) in [6, 6.07) is 3.82. The molecule has 1 fully saturated rings. The van der Waals surface area contributed by atoms with Gasteiger partial charge in [-0.3, -0.25) is 0 Å². The van der Waals surface area contributed by atoms with Crippen LogP contribution in [0.1, 0.15) is 12.8 Å². The minimum absolute atomic E-state index is 0.259. The summed E-state index contributed by atoms with van der Waals surface area (Å²) in [5.74, 6) is 1.62. The fourth-order valence-electron chi connectivity index (χ4n) is 1.65. The van der Waals surface area contributed by atoms with Crippen molar-refractivity contribution < 1.29 is 9.47 Å². The van der Waals surface area contributed by atoms with Crippen molar-refractivity contribution in [3.63, 3.8) is 0 Å². The molecule has 15 heavy (non-hydrogen) atoms. The first-order valence-electron chi connectivity index (χ1n) is 5.27.